The number of nitrogens with zero attached hydrogens (tertiary/aromatic N) is 7. The number of hydrogen-bond acceptors (Lipinski definition) is 13. The molecule has 0 saturated heterocycles. The van der Waals surface area contributed by atoms with E-state index >= 15 is 0 Å². The van der Waals surface area contributed by atoms with Gasteiger partial charge in [-0.1, -0.05) is 88.4 Å². The zero-order chi connectivity index (χ0) is 45.3. The molecule has 4 aromatic heterocycles. The van der Waals surface area contributed by atoms with Crippen LogP contribution in [0.2, 0.25) is 0 Å². The van der Waals surface area contributed by atoms with Gasteiger partial charge in [-0.3, -0.25) is 5.41 Å². The highest BCUT2D eigenvalue weighted by molar-refractivity contribution is 7.99. The van der Waals surface area contributed by atoms with E-state index in [2.05, 4.69) is 101 Å². The van der Waals surface area contributed by atoms with Gasteiger partial charge in [0, 0.05) is 24.9 Å². The lowest BCUT2D eigenvalue weighted by molar-refractivity contribution is 0.394. The predicted octanol–water partition coefficient (Wildman–Crippen LogP) is 9.86. The summed E-state index contributed by atoms with van der Waals surface area (Å²) in [6.45, 7) is 10.4. The van der Waals surface area contributed by atoms with Crippen LogP contribution in [0.5, 0.6) is 23.0 Å². The lowest BCUT2D eigenvalue weighted by Crippen LogP contribution is -2.19. The molecule has 4 N–H and O–H groups in total. The van der Waals surface area contributed by atoms with Crippen molar-refractivity contribution in [1.29, 1.82) is 5.41 Å². The van der Waals surface area contributed by atoms with Crippen LogP contribution in [-0.2, 0) is 13.1 Å². The van der Waals surface area contributed by atoms with E-state index in [1.54, 1.807) is 34.8 Å². The zero-order valence-electron chi connectivity index (χ0n) is 37.3. The molecule has 0 bridgehead atoms. The molecular weight excluding hydrogens is 845 g/mol. The first-order chi connectivity index (χ1) is 31.0. The van der Waals surface area contributed by atoms with E-state index in [-0.39, 0.29) is 11.4 Å². The lowest BCUT2D eigenvalue weighted by atomic mass is 9.88. The van der Waals surface area contributed by atoms with Gasteiger partial charge < -0.3 is 38.8 Å². The molecule has 332 valence electrons. The van der Waals surface area contributed by atoms with Gasteiger partial charge in [-0.05, 0) is 82.9 Å². The highest BCUT2D eigenvalue weighted by atomic mass is 32.2. The van der Waals surface area contributed by atoms with E-state index in [9.17, 15) is 0 Å². The van der Waals surface area contributed by atoms with Crippen LogP contribution in [0.4, 0.5) is 5.82 Å². The summed E-state index contributed by atoms with van der Waals surface area (Å²) in [5.74, 6) is 4.76. The van der Waals surface area contributed by atoms with Gasteiger partial charge in [0.25, 0.3) is 0 Å². The van der Waals surface area contributed by atoms with E-state index in [4.69, 9.17) is 40.1 Å². The number of aromatic amines is 1. The molecule has 2 atom stereocenters. The summed E-state index contributed by atoms with van der Waals surface area (Å²) in [4.78, 5) is 27.7. The Bertz CT molecular complexity index is 2870. The number of H-pyrrole nitrogens is 1. The number of anilines is 1. The highest BCUT2D eigenvalue weighted by Crippen LogP contribution is 2.40. The largest absolute Gasteiger partial charge is 0.497 e. The summed E-state index contributed by atoms with van der Waals surface area (Å²) in [5.41, 5.74) is 11.6. The first-order valence-corrected chi connectivity index (χ1v) is 22.5. The van der Waals surface area contributed by atoms with Crippen LogP contribution in [0.1, 0.15) is 50.7 Å². The van der Waals surface area contributed by atoms with E-state index in [0.717, 1.165) is 55.8 Å². The first-order valence-electron chi connectivity index (χ1n) is 20.9. The van der Waals surface area contributed by atoms with Crippen LogP contribution in [0, 0.1) is 17.2 Å². The minimum Gasteiger partial charge on any atom is -0.497 e. The Labute approximate surface area is 381 Å². The van der Waals surface area contributed by atoms with Gasteiger partial charge >= 0.3 is 0 Å². The third-order valence-corrected chi connectivity index (χ3v) is 13.0. The lowest BCUT2D eigenvalue weighted by Gasteiger charge is -2.23. The minimum absolute atomic E-state index is 0.175. The van der Waals surface area contributed by atoms with Gasteiger partial charge in [0.15, 0.2) is 38.4 Å². The van der Waals surface area contributed by atoms with Crippen LogP contribution in [-0.4, -0.2) is 67.5 Å². The summed E-state index contributed by atoms with van der Waals surface area (Å²) in [6.07, 6.45) is 3.20. The van der Waals surface area contributed by atoms with Gasteiger partial charge in [0.2, 0.25) is 0 Å². The van der Waals surface area contributed by atoms with Crippen LogP contribution in [0.15, 0.2) is 130 Å². The van der Waals surface area contributed by atoms with Crippen molar-refractivity contribution >= 4 is 51.7 Å². The summed E-state index contributed by atoms with van der Waals surface area (Å²) in [7, 11) is 6.58. The van der Waals surface area contributed by atoms with Crippen molar-refractivity contribution < 1.29 is 18.9 Å². The quantitative estimate of drug-likeness (QED) is 0.0838. The number of benzene rings is 4. The smallest absolute Gasteiger partial charge is 0.175 e. The number of ether oxygens (including phenoxy) is 4. The number of hydrogen-bond donors (Lipinski definition) is 3. The Kier molecular flexibility index (Phi) is 14.8. The van der Waals surface area contributed by atoms with Gasteiger partial charge in [-0.15, -0.1) is 0 Å². The molecule has 16 heteroatoms. The number of imidazole rings is 2. The Hall–Kier alpha value is -6.52. The van der Waals surface area contributed by atoms with Crippen LogP contribution in [0.3, 0.4) is 0 Å². The number of nitrogens with one attached hydrogen (secondary N) is 2. The fraction of sp³-hybridized carbons (Fsp3) is 0.292. The van der Waals surface area contributed by atoms with Crippen molar-refractivity contribution in [2.24, 2.45) is 11.8 Å². The SMILES string of the molecule is COc1ccc(OC)c(Sc2nc3c(N)ncnc3n2CC(c2ccccc2)C(C)C)c1.COc1ccc(OC)c(Sc2nc3c([nH]2)c(=N)ncn3CC(c2ccccc2)C(C)C)c1. The Balaban J connectivity index is 0.000000191. The molecule has 4 heterocycles. The highest BCUT2D eigenvalue weighted by Gasteiger charge is 2.24. The Morgan fingerprint density at radius 1 is 0.656 bits per heavy atom. The van der Waals surface area contributed by atoms with Gasteiger partial charge in [0.05, 0.1) is 44.6 Å². The van der Waals surface area contributed by atoms with E-state index in [0.29, 0.717) is 46.3 Å². The van der Waals surface area contributed by atoms with Crippen molar-refractivity contribution in [3.8, 4) is 23.0 Å². The van der Waals surface area contributed by atoms with Crippen molar-refractivity contribution in [2.45, 2.75) is 72.7 Å². The summed E-state index contributed by atoms with van der Waals surface area (Å²) in [6, 6.07) is 32.4. The summed E-state index contributed by atoms with van der Waals surface area (Å²) in [5, 5.41) is 9.72. The number of nitrogens with two attached hydrogens (primary N) is 1. The monoisotopic (exact) mass is 898 g/mol. The average Bonchev–Trinajstić information content (AvgIpc) is 3.90. The van der Waals surface area contributed by atoms with Gasteiger partial charge in [-0.25, -0.2) is 24.9 Å². The van der Waals surface area contributed by atoms with Gasteiger partial charge in [-0.2, -0.15) is 0 Å². The molecule has 0 amide bonds. The van der Waals surface area contributed by atoms with E-state index in [1.807, 2.05) is 53.1 Å². The zero-order valence-corrected chi connectivity index (χ0v) is 38.9. The van der Waals surface area contributed by atoms with Crippen molar-refractivity contribution in [2.75, 3.05) is 34.2 Å². The number of aromatic nitrogens is 8. The maximum absolute atomic E-state index is 8.28. The van der Waals surface area contributed by atoms with Crippen molar-refractivity contribution in [3.05, 3.63) is 126 Å². The maximum atomic E-state index is 8.28. The van der Waals surface area contributed by atoms with Crippen LogP contribution < -0.4 is 30.2 Å². The fourth-order valence-corrected chi connectivity index (χ4v) is 9.41. The van der Waals surface area contributed by atoms with Crippen molar-refractivity contribution in [1.82, 2.24) is 39.0 Å². The topological polar surface area (TPSA) is 177 Å². The number of rotatable bonds is 16. The molecule has 0 saturated carbocycles. The molecular formula is C48H54N10O4S2. The minimum atomic E-state index is 0.175. The molecule has 0 aliphatic heterocycles. The second-order valence-electron chi connectivity index (χ2n) is 15.7. The number of fused-ring (bicyclic) bond motifs is 2. The second-order valence-corrected chi connectivity index (χ2v) is 17.7. The normalized spacial score (nSPS) is 12.3. The molecule has 4 aromatic carbocycles. The Morgan fingerprint density at radius 2 is 1.22 bits per heavy atom. The third-order valence-electron chi connectivity index (χ3n) is 11.0. The molecule has 64 heavy (non-hydrogen) atoms. The first kappa shape index (κ1) is 45.5. The molecule has 8 rings (SSSR count). The molecule has 0 aliphatic carbocycles. The standard InChI is InChI=1S/2C24H27N5O2S/c1-15(2)18(16-8-6-5-7-9-16)13-29-14-26-22(25)21-23(29)28-24(27-21)32-20-12-17(30-3)10-11-19(20)31-4;1-15(2)18(16-8-6-5-7-9-16)13-29-23-21(22(25)26-14-27-23)28-24(29)32-20-12-17(30-3)10-11-19(20)31-4/h5-12,14-15,18,25H,13H2,1-4H3,(H,27,28);5-12,14-15,18H,13H2,1-4H3,(H2,25,26,27). The van der Waals surface area contributed by atoms with Crippen LogP contribution >= 0.6 is 23.5 Å². The summed E-state index contributed by atoms with van der Waals surface area (Å²) >= 11 is 2.94. The third kappa shape index (κ3) is 10.3. The predicted molar refractivity (Wildman–Crippen MR) is 253 cm³/mol. The average molecular weight is 899 g/mol. The van der Waals surface area contributed by atoms with E-state index < -0.39 is 0 Å². The molecule has 0 spiro atoms. The van der Waals surface area contributed by atoms with Crippen molar-refractivity contribution in [3.63, 3.8) is 0 Å². The molecule has 0 aliphatic rings. The number of methoxy groups -OCH3 is 4. The van der Waals surface area contributed by atoms with Gasteiger partial charge in [0.1, 0.15) is 34.8 Å². The summed E-state index contributed by atoms with van der Waals surface area (Å²) < 4.78 is 26.0. The molecule has 2 unspecified atom stereocenters. The molecule has 8 aromatic rings. The second kappa shape index (κ2) is 20.8. The molecule has 0 fully saturated rings. The van der Waals surface area contributed by atoms with Crippen LogP contribution in [0.25, 0.3) is 22.3 Å². The number of nitrogen functional groups attached to an aromatic ring is 1. The fourth-order valence-electron chi connectivity index (χ4n) is 7.46. The Morgan fingerprint density at radius 3 is 1.77 bits per heavy atom. The van der Waals surface area contributed by atoms with E-state index in [1.165, 1.54) is 41.0 Å². The molecule has 0 radical (unpaired) electrons. The molecule has 14 nitrogen and oxygen atoms in total. The maximum Gasteiger partial charge on any atom is 0.175 e.